The highest BCUT2D eigenvalue weighted by atomic mass is 35.5. The number of halogens is 1. The molecule has 2 saturated heterocycles. The van der Waals surface area contributed by atoms with Crippen LogP contribution in [0.5, 0.6) is 5.75 Å². The molecule has 3 rings (SSSR count). The molecule has 7 heteroatoms. The predicted octanol–water partition coefficient (Wildman–Crippen LogP) is 3.54. The van der Waals surface area contributed by atoms with Crippen molar-refractivity contribution in [3.63, 3.8) is 0 Å². The number of rotatable bonds is 8. The summed E-state index contributed by atoms with van der Waals surface area (Å²) in [7, 11) is 0. The Bertz CT molecular complexity index is 685. The standard InChI is InChI=1S/C21H30ClN3O3/c1-16(2)15-24-12-9-21(10-13-24)19(26)25(20(27)23-21)11-3-4-14-28-18-7-5-17(22)6-8-18/h5-8,16H,3-4,9-15H2,1-2H3,(H,23,27). The van der Waals surface area contributed by atoms with Crippen LogP contribution in [0, 0.1) is 5.92 Å². The Morgan fingerprint density at radius 2 is 1.82 bits per heavy atom. The van der Waals surface area contributed by atoms with Gasteiger partial charge < -0.3 is 15.0 Å². The van der Waals surface area contributed by atoms with Gasteiger partial charge in [-0.15, -0.1) is 0 Å². The number of unbranched alkanes of at least 4 members (excludes halogenated alkanes) is 1. The number of urea groups is 1. The van der Waals surface area contributed by atoms with E-state index in [1.54, 1.807) is 12.1 Å². The predicted molar refractivity (Wildman–Crippen MR) is 110 cm³/mol. The molecule has 0 saturated carbocycles. The molecule has 154 valence electrons. The molecular weight excluding hydrogens is 378 g/mol. The van der Waals surface area contributed by atoms with Crippen molar-refractivity contribution in [3.8, 4) is 5.75 Å². The Morgan fingerprint density at radius 3 is 2.46 bits per heavy atom. The second-order valence-corrected chi connectivity index (χ2v) is 8.61. The molecule has 1 aromatic carbocycles. The van der Waals surface area contributed by atoms with Crippen LogP contribution in [0.1, 0.15) is 39.5 Å². The van der Waals surface area contributed by atoms with Gasteiger partial charge in [-0.05, 0) is 55.9 Å². The summed E-state index contributed by atoms with van der Waals surface area (Å²) in [6.07, 6.45) is 2.89. The fraction of sp³-hybridized carbons (Fsp3) is 0.619. The number of nitrogens with one attached hydrogen (secondary N) is 1. The van der Waals surface area contributed by atoms with E-state index in [2.05, 4.69) is 24.1 Å². The number of piperidine rings is 1. The van der Waals surface area contributed by atoms with E-state index in [-0.39, 0.29) is 11.9 Å². The lowest BCUT2D eigenvalue weighted by molar-refractivity contribution is -0.133. The minimum Gasteiger partial charge on any atom is -0.494 e. The van der Waals surface area contributed by atoms with Gasteiger partial charge in [-0.3, -0.25) is 9.69 Å². The maximum atomic E-state index is 12.9. The van der Waals surface area contributed by atoms with Crippen molar-refractivity contribution in [2.75, 3.05) is 32.8 Å². The highest BCUT2D eigenvalue weighted by molar-refractivity contribution is 6.30. The Hall–Kier alpha value is -1.79. The van der Waals surface area contributed by atoms with Gasteiger partial charge in [0.2, 0.25) is 0 Å². The number of imide groups is 1. The molecule has 1 N–H and O–H groups in total. The molecule has 2 aliphatic rings. The minimum atomic E-state index is -0.690. The number of hydrogen-bond acceptors (Lipinski definition) is 4. The molecule has 2 heterocycles. The van der Waals surface area contributed by atoms with Crippen LogP contribution in [-0.4, -0.2) is 60.1 Å². The lowest BCUT2D eigenvalue weighted by Crippen LogP contribution is -2.55. The summed E-state index contributed by atoms with van der Waals surface area (Å²) in [6, 6.07) is 6.98. The molecule has 0 bridgehead atoms. The molecule has 1 aromatic rings. The topological polar surface area (TPSA) is 61.9 Å². The molecule has 0 atom stereocenters. The van der Waals surface area contributed by atoms with Crippen LogP contribution in [0.3, 0.4) is 0 Å². The van der Waals surface area contributed by atoms with Crippen LogP contribution in [0.4, 0.5) is 4.79 Å². The summed E-state index contributed by atoms with van der Waals surface area (Å²) >= 11 is 5.85. The number of carbonyl (C=O) groups is 2. The molecule has 1 spiro atoms. The lowest BCUT2D eigenvalue weighted by atomic mass is 9.87. The maximum absolute atomic E-state index is 12.9. The number of carbonyl (C=O) groups excluding carboxylic acids is 2. The zero-order chi connectivity index (χ0) is 20.1. The van der Waals surface area contributed by atoms with Gasteiger partial charge in [-0.1, -0.05) is 25.4 Å². The number of likely N-dealkylation sites (tertiary alicyclic amines) is 1. The van der Waals surface area contributed by atoms with Crippen LogP contribution >= 0.6 is 11.6 Å². The fourth-order valence-electron chi connectivity index (χ4n) is 3.94. The average Bonchev–Trinajstić information content (AvgIpc) is 2.88. The third-order valence-corrected chi connectivity index (χ3v) is 5.69. The second-order valence-electron chi connectivity index (χ2n) is 8.17. The van der Waals surface area contributed by atoms with Gasteiger partial charge in [-0.25, -0.2) is 4.79 Å². The van der Waals surface area contributed by atoms with Gasteiger partial charge in [0, 0.05) is 31.2 Å². The Kier molecular flexibility index (Phi) is 6.83. The number of amides is 3. The van der Waals surface area contributed by atoms with Crippen LogP contribution < -0.4 is 10.1 Å². The zero-order valence-electron chi connectivity index (χ0n) is 16.7. The number of ether oxygens (including phenoxy) is 1. The normalized spacial score (nSPS) is 19.5. The Balaban J connectivity index is 1.42. The SMILES string of the molecule is CC(C)CN1CCC2(CC1)NC(=O)N(CCCCOc1ccc(Cl)cc1)C2=O. The van der Waals surface area contributed by atoms with Crippen LogP contribution in [-0.2, 0) is 4.79 Å². The molecule has 2 aliphatic heterocycles. The Morgan fingerprint density at radius 1 is 1.14 bits per heavy atom. The molecule has 2 fully saturated rings. The zero-order valence-corrected chi connectivity index (χ0v) is 17.5. The molecule has 28 heavy (non-hydrogen) atoms. The molecule has 0 aromatic heterocycles. The monoisotopic (exact) mass is 407 g/mol. The van der Waals surface area contributed by atoms with Crippen molar-refractivity contribution in [1.82, 2.24) is 15.1 Å². The van der Waals surface area contributed by atoms with Gasteiger partial charge in [0.15, 0.2) is 0 Å². The van der Waals surface area contributed by atoms with Crippen LogP contribution in [0.2, 0.25) is 5.02 Å². The van der Waals surface area contributed by atoms with Gasteiger partial charge in [0.05, 0.1) is 6.61 Å². The van der Waals surface area contributed by atoms with Gasteiger partial charge >= 0.3 is 6.03 Å². The van der Waals surface area contributed by atoms with Crippen LogP contribution in [0.25, 0.3) is 0 Å². The summed E-state index contributed by atoms with van der Waals surface area (Å²) in [6.45, 7) is 8.12. The van der Waals surface area contributed by atoms with E-state index < -0.39 is 5.54 Å². The minimum absolute atomic E-state index is 0.0553. The van der Waals surface area contributed by atoms with Crippen molar-refractivity contribution < 1.29 is 14.3 Å². The molecule has 0 aliphatic carbocycles. The smallest absolute Gasteiger partial charge is 0.325 e. The third kappa shape index (κ3) is 4.97. The van der Waals surface area contributed by atoms with Crippen molar-refractivity contribution in [3.05, 3.63) is 29.3 Å². The van der Waals surface area contributed by atoms with E-state index in [0.717, 1.165) is 38.2 Å². The first kappa shape index (κ1) is 20.9. The number of nitrogens with zero attached hydrogens (tertiary/aromatic N) is 2. The highest BCUT2D eigenvalue weighted by Gasteiger charge is 2.51. The number of benzene rings is 1. The first-order valence-corrected chi connectivity index (χ1v) is 10.5. The van der Waals surface area contributed by atoms with Crippen molar-refractivity contribution in [2.24, 2.45) is 5.92 Å². The van der Waals surface area contributed by atoms with Gasteiger partial charge in [0.25, 0.3) is 5.91 Å². The summed E-state index contributed by atoms with van der Waals surface area (Å²) in [5, 5.41) is 3.66. The lowest BCUT2D eigenvalue weighted by Gasteiger charge is -2.38. The first-order valence-electron chi connectivity index (χ1n) is 10.1. The quantitative estimate of drug-likeness (QED) is 0.529. The largest absolute Gasteiger partial charge is 0.494 e. The van der Waals surface area contributed by atoms with Crippen molar-refractivity contribution in [2.45, 2.75) is 45.1 Å². The molecule has 3 amide bonds. The molecule has 0 radical (unpaired) electrons. The van der Waals surface area contributed by atoms with Gasteiger partial charge in [0.1, 0.15) is 11.3 Å². The molecular formula is C21H30ClN3O3. The summed E-state index contributed by atoms with van der Waals surface area (Å²) in [5.74, 6) is 1.32. The first-order chi connectivity index (χ1) is 13.4. The highest BCUT2D eigenvalue weighted by Crippen LogP contribution is 2.30. The van der Waals surface area contributed by atoms with Crippen molar-refractivity contribution in [1.29, 1.82) is 0 Å². The van der Waals surface area contributed by atoms with E-state index in [4.69, 9.17) is 16.3 Å². The fourth-order valence-corrected chi connectivity index (χ4v) is 4.07. The van der Waals surface area contributed by atoms with Crippen molar-refractivity contribution >= 4 is 23.5 Å². The van der Waals surface area contributed by atoms with E-state index in [1.165, 1.54) is 4.90 Å². The van der Waals surface area contributed by atoms with Crippen LogP contribution in [0.15, 0.2) is 24.3 Å². The van der Waals surface area contributed by atoms with E-state index in [0.29, 0.717) is 36.9 Å². The molecule has 6 nitrogen and oxygen atoms in total. The van der Waals surface area contributed by atoms with Gasteiger partial charge in [-0.2, -0.15) is 0 Å². The Labute approximate surface area is 172 Å². The van der Waals surface area contributed by atoms with E-state index in [9.17, 15) is 9.59 Å². The third-order valence-electron chi connectivity index (χ3n) is 5.44. The second kappa shape index (κ2) is 9.14. The summed E-state index contributed by atoms with van der Waals surface area (Å²) < 4.78 is 5.66. The summed E-state index contributed by atoms with van der Waals surface area (Å²) in [4.78, 5) is 29.1. The maximum Gasteiger partial charge on any atom is 0.325 e. The average molecular weight is 408 g/mol. The van der Waals surface area contributed by atoms with E-state index >= 15 is 0 Å². The number of hydrogen-bond donors (Lipinski definition) is 1. The van der Waals surface area contributed by atoms with E-state index in [1.807, 2.05) is 12.1 Å². The molecule has 0 unspecified atom stereocenters. The summed E-state index contributed by atoms with van der Waals surface area (Å²) in [5.41, 5.74) is -0.690.